The van der Waals surface area contributed by atoms with Crippen LogP contribution in [0.1, 0.15) is 68.9 Å². The second-order valence-corrected chi connectivity index (χ2v) is 12.8. The van der Waals surface area contributed by atoms with Gasteiger partial charge in [0.2, 0.25) is 17.6 Å². The van der Waals surface area contributed by atoms with Crippen LogP contribution in [-0.2, 0) is 30.5 Å². The zero-order valence-electron chi connectivity index (χ0n) is 25.8. The number of Topliss-reactive ketones (excluding diaryl/α,β-unsaturated/α-hetero) is 1. The van der Waals surface area contributed by atoms with E-state index >= 15 is 0 Å². The number of hydrogen-bond donors (Lipinski definition) is 4. The lowest BCUT2D eigenvalue weighted by molar-refractivity contribution is -0.141. The normalized spacial score (nSPS) is 19.3. The topological polar surface area (TPSA) is 143 Å². The summed E-state index contributed by atoms with van der Waals surface area (Å²) in [5.41, 5.74) is 1.81. The molecule has 3 atom stereocenters. The highest BCUT2D eigenvalue weighted by atomic mass is 35.5. The highest BCUT2D eigenvalue weighted by Crippen LogP contribution is 2.30. The maximum absolute atomic E-state index is 13.9. The quantitative estimate of drug-likeness (QED) is 0.258. The van der Waals surface area contributed by atoms with Crippen molar-refractivity contribution in [3.05, 3.63) is 70.3 Å². The van der Waals surface area contributed by atoms with Crippen molar-refractivity contribution in [1.82, 2.24) is 21.3 Å². The molecular formula is C35H41ClN4O6. The number of carbonyl (C=O) groups excluding carboxylic acids is 5. The molecule has 0 spiro atoms. The summed E-state index contributed by atoms with van der Waals surface area (Å²) >= 11 is 6.14. The molecule has 3 aliphatic rings. The third-order valence-corrected chi connectivity index (χ3v) is 9.20. The Balaban J connectivity index is 1.33. The Morgan fingerprint density at radius 2 is 1.70 bits per heavy atom. The average molecular weight is 649 g/mol. The van der Waals surface area contributed by atoms with Crippen molar-refractivity contribution < 1.29 is 28.7 Å². The van der Waals surface area contributed by atoms with Crippen LogP contribution in [0.2, 0.25) is 5.02 Å². The van der Waals surface area contributed by atoms with Gasteiger partial charge in [0.25, 0.3) is 11.8 Å². The lowest BCUT2D eigenvalue weighted by Crippen LogP contribution is -2.55. The van der Waals surface area contributed by atoms with Crippen LogP contribution in [0, 0.1) is 11.8 Å². The van der Waals surface area contributed by atoms with Gasteiger partial charge in [0.1, 0.15) is 18.4 Å². The molecule has 4 amide bonds. The van der Waals surface area contributed by atoms with E-state index in [0.29, 0.717) is 41.3 Å². The van der Waals surface area contributed by atoms with Crippen molar-refractivity contribution in [2.24, 2.45) is 11.8 Å². The third kappa shape index (κ3) is 8.96. The molecule has 244 valence electrons. The van der Waals surface area contributed by atoms with E-state index in [2.05, 4.69) is 21.3 Å². The molecule has 1 unspecified atom stereocenters. The second-order valence-electron chi connectivity index (χ2n) is 12.4. The Morgan fingerprint density at radius 1 is 0.913 bits per heavy atom. The number of benzene rings is 2. The zero-order valence-corrected chi connectivity index (χ0v) is 26.6. The summed E-state index contributed by atoms with van der Waals surface area (Å²) in [5, 5.41) is 11.6. The minimum Gasteiger partial charge on any atom is -0.488 e. The van der Waals surface area contributed by atoms with Crippen LogP contribution in [0.4, 0.5) is 0 Å². The first-order valence-corrected chi connectivity index (χ1v) is 16.5. The van der Waals surface area contributed by atoms with Gasteiger partial charge in [-0.25, -0.2) is 0 Å². The molecule has 2 aromatic carbocycles. The molecular weight excluding hydrogens is 608 g/mol. The Morgan fingerprint density at radius 3 is 2.46 bits per heavy atom. The van der Waals surface area contributed by atoms with Gasteiger partial charge in [-0.15, -0.1) is 0 Å². The van der Waals surface area contributed by atoms with Gasteiger partial charge in [-0.3, -0.25) is 24.0 Å². The van der Waals surface area contributed by atoms with E-state index < -0.39 is 41.5 Å². The van der Waals surface area contributed by atoms with Gasteiger partial charge in [-0.2, -0.15) is 0 Å². The Kier molecular flexibility index (Phi) is 11.5. The van der Waals surface area contributed by atoms with Crippen LogP contribution in [0.3, 0.4) is 0 Å². The summed E-state index contributed by atoms with van der Waals surface area (Å²) < 4.78 is 5.76. The van der Waals surface area contributed by atoms with Crippen molar-refractivity contribution >= 4 is 47.1 Å². The van der Waals surface area contributed by atoms with E-state index in [0.717, 1.165) is 44.1 Å². The smallest absolute Gasteiger partial charge is 0.289 e. The number of ether oxygens (including phenoxy) is 1. The van der Waals surface area contributed by atoms with E-state index in [-0.39, 0.29) is 31.4 Å². The summed E-state index contributed by atoms with van der Waals surface area (Å²) in [7, 11) is 0. The fourth-order valence-electron chi connectivity index (χ4n) is 6.39. The lowest BCUT2D eigenvalue weighted by atomic mass is 9.84. The molecule has 1 saturated heterocycles. The lowest BCUT2D eigenvalue weighted by Gasteiger charge is -2.30. The number of carbonyl (C=O) groups is 5. The van der Waals surface area contributed by atoms with E-state index in [1.807, 2.05) is 30.3 Å². The number of hydrogen-bond acceptors (Lipinski definition) is 6. The van der Waals surface area contributed by atoms with Crippen LogP contribution >= 0.6 is 11.6 Å². The third-order valence-electron chi connectivity index (χ3n) is 8.96. The van der Waals surface area contributed by atoms with Crippen LogP contribution < -0.4 is 26.0 Å². The predicted molar refractivity (Wildman–Crippen MR) is 174 cm³/mol. The molecule has 2 aliphatic heterocycles. The molecule has 1 saturated carbocycles. The number of rotatable bonds is 12. The first-order valence-electron chi connectivity index (χ1n) is 16.1. The summed E-state index contributed by atoms with van der Waals surface area (Å²) in [6.07, 6.45) is 8.43. The summed E-state index contributed by atoms with van der Waals surface area (Å²) in [6, 6.07) is 12.1. The van der Waals surface area contributed by atoms with Gasteiger partial charge in [0, 0.05) is 29.6 Å². The van der Waals surface area contributed by atoms with Crippen LogP contribution in [-0.4, -0.2) is 54.6 Å². The Hall–Kier alpha value is -4.18. The average Bonchev–Trinajstić information content (AvgIpc) is 3.07. The molecule has 0 radical (unpaired) electrons. The molecule has 4 N–H and O–H groups in total. The van der Waals surface area contributed by atoms with Crippen molar-refractivity contribution in [1.29, 1.82) is 0 Å². The zero-order chi connectivity index (χ0) is 32.5. The van der Waals surface area contributed by atoms with Crippen LogP contribution in [0.25, 0.3) is 6.08 Å². The van der Waals surface area contributed by atoms with E-state index in [9.17, 15) is 24.0 Å². The van der Waals surface area contributed by atoms with E-state index in [1.54, 1.807) is 24.3 Å². The van der Waals surface area contributed by atoms with Crippen molar-refractivity contribution in [3.63, 3.8) is 0 Å². The summed E-state index contributed by atoms with van der Waals surface area (Å²) in [4.78, 5) is 66.6. The fraction of sp³-hybridized carbons (Fsp3) is 0.457. The fourth-order valence-corrected chi connectivity index (χ4v) is 6.57. The minimum absolute atomic E-state index is 0.0181. The van der Waals surface area contributed by atoms with Gasteiger partial charge in [-0.1, -0.05) is 74.0 Å². The molecule has 46 heavy (non-hydrogen) atoms. The molecule has 11 heteroatoms. The number of ketones is 1. The van der Waals surface area contributed by atoms with Crippen LogP contribution in [0.5, 0.6) is 5.75 Å². The van der Waals surface area contributed by atoms with Crippen molar-refractivity contribution in [2.75, 3.05) is 13.2 Å². The van der Waals surface area contributed by atoms with Gasteiger partial charge in [-0.05, 0) is 61.4 Å². The molecule has 0 bridgehead atoms. The summed E-state index contributed by atoms with van der Waals surface area (Å²) in [5.74, 6) is -2.62. The number of nitrogens with one attached hydrogen (secondary N) is 4. The van der Waals surface area contributed by atoms with E-state index in [4.69, 9.17) is 16.3 Å². The molecule has 2 fully saturated rings. The number of amides is 4. The Labute approximate surface area is 274 Å². The van der Waals surface area contributed by atoms with Crippen LogP contribution in [0.15, 0.2) is 54.1 Å². The monoisotopic (exact) mass is 648 g/mol. The van der Waals surface area contributed by atoms with Crippen molar-refractivity contribution in [2.45, 2.75) is 76.4 Å². The van der Waals surface area contributed by atoms with Crippen molar-refractivity contribution in [3.8, 4) is 5.75 Å². The number of piperidine rings is 1. The van der Waals surface area contributed by atoms with Gasteiger partial charge < -0.3 is 26.0 Å². The van der Waals surface area contributed by atoms with Gasteiger partial charge >= 0.3 is 0 Å². The summed E-state index contributed by atoms with van der Waals surface area (Å²) in [6.45, 7) is 0.712. The molecule has 2 aromatic rings. The first kappa shape index (κ1) is 33.2. The SMILES string of the molecule is O=C(NCc1ccccc1)C(=O)[C@H](C[C@@H]1CCCNC1=O)NC(=O)C(CC1CCCCC1)NC(=O)C1=Cc2cc(Cl)ccc2OC1. The maximum Gasteiger partial charge on any atom is 0.289 e. The maximum atomic E-state index is 13.9. The number of halogens is 1. The van der Waals surface area contributed by atoms with E-state index in [1.165, 1.54) is 0 Å². The molecule has 2 heterocycles. The molecule has 0 aromatic heterocycles. The first-order chi connectivity index (χ1) is 22.3. The van der Waals surface area contributed by atoms with Gasteiger partial charge in [0.15, 0.2) is 0 Å². The molecule has 10 nitrogen and oxygen atoms in total. The largest absolute Gasteiger partial charge is 0.488 e. The minimum atomic E-state index is -1.24. The predicted octanol–water partition coefficient (Wildman–Crippen LogP) is 3.86. The molecule has 5 rings (SSSR count). The highest BCUT2D eigenvalue weighted by molar-refractivity contribution is 6.38. The standard InChI is InChI=1S/C35H41ClN4O6/c36-27-13-14-30-25(18-27)17-26(21-46-30)33(43)40-29(16-22-8-3-1-4-9-22)34(44)39-28(19-24-12-7-15-37-32(24)42)31(41)35(45)38-20-23-10-5-2-6-11-23/h2,5-6,10-11,13-14,17-18,22,24,28-29H,1,3-4,7-9,12,15-16,19-21H2,(H,37,42)(H,38,45)(H,39,44)(H,40,43)/t24-,28-,29?/m0/s1. The molecule has 1 aliphatic carbocycles. The number of fused-ring (bicyclic) bond motifs is 1. The highest BCUT2D eigenvalue weighted by Gasteiger charge is 2.36. The second kappa shape index (κ2) is 15.9. The Bertz CT molecular complexity index is 1470. The van der Waals surface area contributed by atoms with Gasteiger partial charge in [0.05, 0.1) is 11.6 Å².